The number of hydrogen-bond acceptors (Lipinski definition) is 3. The third kappa shape index (κ3) is 4.46. The number of thiocarbonyl (C=S) groups is 1. The fourth-order valence-electron chi connectivity index (χ4n) is 2.51. The highest BCUT2D eigenvalue weighted by molar-refractivity contribution is 7.80. The second-order valence-electron chi connectivity index (χ2n) is 5.81. The van der Waals surface area contributed by atoms with Crippen molar-refractivity contribution >= 4 is 34.6 Å². The number of aromatic nitrogens is 1. The third-order valence-corrected chi connectivity index (χ3v) is 4.81. The Balaban J connectivity index is 2.02. The van der Waals surface area contributed by atoms with E-state index < -0.39 is 0 Å². The summed E-state index contributed by atoms with van der Waals surface area (Å²) < 4.78 is 5.82. The second-order valence-corrected chi connectivity index (χ2v) is 6.61. The van der Waals surface area contributed by atoms with Gasteiger partial charge in [0.1, 0.15) is 5.02 Å². The summed E-state index contributed by atoms with van der Waals surface area (Å²) in [6.07, 6.45) is 5.10. The first kappa shape index (κ1) is 17.3. The van der Waals surface area contributed by atoms with Gasteiger partial charge in [0.15, 0.2) is 5.11 Å². The Morgan fingerprint density at radius 2 is 2.18 bits per heavy atom. The van der Waals surface area contributed by atoms with Crippen LogP contribution in [-0.2, 0) is 0 Å². The number of nitrogens with zero attached hydrogens (tertiary/aromatic N) is 2. The van der Waals surface area contributed by atoms with Crippen molar-refractivity contribution in [2.24, 2.45) is 5.92 Å². The van der Waals surface area contributed by atoms with Gasteiger partial charge in [0.2, 0.25) is 5.88 Å². The molecule has 22 heavy (non-hydrogen) atoms. The van der Waals surface area contributed by atoms with Crippen molar-refractivity contribution in [1.82, 2.24) is 9.88 Å². The normalized spacial score (nSPS) is 14.9. The quantitative estimate of drug-likeness (QED) is 0.810. The molecule has 1 N–H and O–H groups in total. The summed E-state index contributed by atoms with van der Waals surface area (Å²) in [5.41, 5.74) is 1.65. The first-order chi connectivity index (χ1) is 10.5. The molecule has 0 unspecified atom stereocenters. The predicted molar refractivity (Wildman–Crippen MR) is 96.0 cm³/mol. The molecule has 1 saturated carbocycles. The van der Waals surface area contributed by atoms with Crippen LogP contribution in [0.15, 0.2) is 6.07 Å². The highest BCUT2D eigenvalue weighted by atomic mass is 35.5. The number of hydrogen-bond donors (Lipinski definition) is 1. The Kier molecular flexibility index (Phi) is 6.26. The van der Waals surface area contributed by atoms with Crippen molar-refractivity contribution in [2.45, 2.75) is 39.5 Å². The number of rotatable bonds is 5. The molecule has 1 aromatic rings. The molecule has 1 aliphatic carbocycles. The molecule has 0 aromatic carbocycles. The van der Waals surface area contributed by atoms with E-state index in [1.807, 2.05) is 31.9 Å². The molecule has 0 spiro atoms. The number of halogens is 1. The molecule has 2 rings (SSSR count). The van der Waals surface area contributed by atoms with Gasteiger partial charge in [-0.1, -0.05) is 24.4 Å². The van der Waals surface area contributed by atoms with E-state index in [4.69, 9.17) is 28.6 Å². The highest BCUT2D eigenvalue weighted by Crippen LogP contribution is 2.30. The van der Waals surface area contributed by atoms with E-state index in [1.165, 1.54) is 25.7 Å². The standard InChI is InChI=1S/C16H24ClN3OS/c1-4-20(3)16(22)19-14-9-13(17)15(18-11(14)2)21-10-12-7-5-6-8-12/h9,12H,4-8,10H2,1-3H3,(H,19,22). The minimum absolute atomic E-state index is 0.520. The van der Waals surface area contributed by atoms with Crippen LogP contribution in [0.3, 0.4) is 0 Å². The predicted octanol–water partition coefficient (Wildman–Crippen LogP) is 4.26. The zero-order valence-corrected chi connectivity index (χ0v) is 15.1. The maximum Gasteiger partial charge on any atom is 0.232 e. The molecule has 0 bridgehead atoms. The lowest BCUT2D eigenvalue weighted by Crippen LogP contribution is -2.31. The molecule has 122 valence electrons. The van der Waals surface area contributed by atoms with Gasteiger partial charge < -0.3 is 15.0 Å². The molecule has 6 heteroatoms. The second kappa shape index (κ2) is 7.97. The molecule has 0 atom stereocenters. The van der Waals surface area contributed by atoms with E-state index in [0.717, 1.165) is 17.9 Å². The maximum absolute atomic E-state index is 6.30. The lowest BCUT2D eigenvalue weighted by Gasteiger charge is -2.20. The molecular weight excluding hydrogens is 318 g/mol. The first-order valence-corrected chi connectivity index (χ1v) is 8.62. The van der Waals surface area contributed by atoms with Crippen molar-refractivity contribution in [2.75, 3.05) is 25.5 Å². The van der Waals surface area contributed by atoms with Gasteiger partial charge in [0.05, 0.1) is 18.0 Å². The Morgan fingerprint density at radius 3 is 2.82 bits per heavy atom. The van der Waals surface area contributed by atoms with Gasteiger partial charge in [-0.15, -0.1) is 0 Å². The molecular formula is C16H24ClN3OS. The van der Waals surface area contributed by atoms with Crippen LogP contribution in [0.4, 0.5) is 5.69 Å². The van der Waals surface area contributed by atoms with Crippen LogP contribution in [0.2, 0.25) is 5.02 Å². The smallest absolute Gasteiger partial charge is 0.232 e. The molecule has 0 radical (unpaired) electrons. The highest BCUT2D eigenvalue weighted by Gasteiger charge is 2.17. The summed E-state index contributed by atoms with van der Waals surface area (Å²) in [4.78, 5) is 6.43. The van der Waals surface area contributed by atoms with E-state index >= 15 is 0 Å². The monoisotopic (exact) mass is 341 g/mol. The van der Waals surface area contributed by atoms with E-state index in [0.29, 0.717) is 28.5 Å². The van der Waals surface area contributed by atoms with Gasteiger partial charge >= 0.3 is 0 Å². The third-order valence-electron chi connectivity index (χ3n) is 4.13. The molecule has 4 nitrogen and oxygen atoms in total. The van der Waals surface area contributed by atoms with E-state index in [9.17, 15) is 0 Å². The molecule has 1 heterocycles. The summed E-state index contributed by atoms with van der Waals surface area (Å²) >= 11 is 11.6. The summed E-state index contributed by atoms with van der Waals surface area (Å²) in [5, 5.41) is 4.36. The van der Waals surface area contributed by atoms with Gasteiger partial charge in [0, 0.05) is 13.6 Å². The first-order valence-electron chi connectivity index (χ1n) is 7.83. The van der Waals surface area contributed by atoms with Gasteiger partial charge in [-0.25, -0.2) is 4.98 Å². The van der Waals surface area contributed by atoms with Crippen LogP contribution < -0.4 is 10.1 Å². The number of ether oxygens (including phenoxy) is 1. The lowest BCUT2D eigenvalue weighted by atomic mass is 10.1. The summed E-state index contributed by atoms with van der Waals surface area (Å²) in [7, 11) is 1.94. The average Bonchev–Trinajstić information content (AvgIpc) is 3.01. The van der Waals surface area contributed by atoms with E-state index in [2.05, 4.69) is 10.3 Å². The van der Waals surface area contributed by atoms with Crippen LogP contribution in [0.25, 0.3) is 0 Å². The van der Waals surface area contributed by atoms with Gasteiger partial charge in [-0.2, -0.15) is 0 Å². The summed E-state index contributed by atoms with van der Waals surface area (Å²) in [6.45, 7) is 5.52. The zero-order valence-electron chi connectivity index (χ0n) is 13.5. The average molecular weight is 342 g/mol. The van der Waals surface area contributed by atoms with Gasteiger partial charge in [0.25, 0.3) is 0 Å². The molecule has 0 amide bonds. The topological polar surface area (TPSA) is 37.4 Å². The Labute approximate surface area is 143 Å². The largest absolute Gasteiger partial charge is 0.476 e. The Morgan fingerprint density at radius 1 is 1.50 bits per heavy atom. The van der Waals surface area contributed by atoms with Crippen molar-refractivity contribution in [3.8, 4) is 5.88 Å². The van der Waals surface area contributed by atoms with E-state index in [-0.39, 0.29) is 0 Å². The minimum atomic E-state index is 0.520. The maximum atomic E-state index is 6.30. The Hall–Kier alpha value is -1.07. The number of aryl methyl sites for hydroxylation is 1. The summed E-state index contributed by atoms with van der Waals surface area (Å²) in [5.74, 6) is 1.16. The fraction of sp³-hybridized carbons (Fsp3) is 0.625. The molecule has 0 saturated heterocycles. The van der Waals surface area contributed by atoms with Crippen LogP contribution in [-0.4, -0.2) is 35.2 Å². The van der Waals surface area contributed by atoms with Crippen LogP contribution in [0.1, 0.15) is 38.3 Å². The van der Waals surface area contributed by atoms with Crippen molar-refractivity contribution in [3.63, 3.8) is 0 Å². The Bertz CT molecular complexity index is 532. The lowest BCUT2D eigenvalue weighted by molar-refractivity contribution is 0.243. The van der Waals surface area contributed by atoms with Crippen molar-refractivity contribution in [3.05, 3.63) is 16.8 Å². The fourth-order valence-corrected chi connectivity index (χ4v) is 2.96. The number of nitrogens with one attached hydrogen (secondary N) is 1. The SMILES string of the molecule is CCN(C)C(=S)Nc1cc(Cl)c(OCC2CCCC2)nc1C. The van der Waals surface area contributed by atoms with E-state index in [1.54, 1.807) is 0 Å². The van der Waals surface area contributed by atoms with Crippen molar-refractivity contribution in [1.29, 1.82) is 0 Å². The van der Waals surface area contributed by atoms with Crippen LogP contribution in [0, 0.1) is 12.8 Å². The number of pyridine rings is 1. The zero-order chi connectivity index (χ0) is 16.1. The molecule has 1 aromatic heterocycles. The van der Waals surface area contributed by atoms with Gasteiger partial charge in [-0.3, -0.25) is 0 Å². The summed E-state index contributed by atoms with van der Waals surface area (Å²) in [6, 6.07) is 1.84. The van der Waals surface area contributed by atoms with Gasteiger partial charge in [-0.05, 0) is 50.9 Å². The van der Waals surface area contributed by atoms with Crippen LogP contribution >= 0.6 is 23.8 Å². The minimum Gasteiger partial charge on any atom is -0.476 e. The van der Waals surface area contributed by atoms with Crippen LogP contribution in [0.5, 0.6) is 5.88 Å². The molecule has 1 aliphatic rings. The molecule has 1 fully saturated rings. The van der Waals surface area contributed by atoms with Crippen molar-refractivity contribution < 1.29 is 4.74 Å². The molecule has 0 aliphatic heterocycles. The number of anilines is 1.